The number of aliphatic hydroxyl groups is 24. The first kappa shape index (κ1) is 117. The number of hydrogen-bond acceptors (Lipinski definition) is 46. The SMILES string of the molecule is C=CC(C)(O)CC/C=C(\CO)C(=O)OC1C(C)OC(O[C@](C)(C=C)CC/C=C(\CO)C(=O)O[C@H]2C[C@@]3(C(=O)OC4OC(CO)C(O)C(O)C4OC4OC(C)C(OC5OC(CO)C(O)C5O)C(OC5OC(CO)C(O)C(O)C5O)C4O)C(CC2(C)C)C2=CCC4[C@@]5(C)CC[C@H](OC6OC(COC7OC(C)C(O)C(O)C7OC7OCC(O)C(O)C7O)C(O)C(O)C6NC(C)=O)C(C)(C)C5CC[C@@]4(C)[C@]2(C)C[C@H]3O)C(O)C1O. The number of carbonyl (C=O) groups is 4. The zero-order chi connectivity index (χ0) is 107. The molecule has 0 bridgehead atoms. The van der Waals surface area contributed by atoms with Gasteiger partial charge in [-0.3, -0.25) is 9.59 Å². The van der Waals surface area contributed by atoms with Crippen molar-refractivity contribution >= 4 is 23.8 Å². The Morgan fingerprint density at radius 2 is 0.979 bits per heavy atom. The Morgan fingerprint density at radius 1 is 0.476 bits per heavy atom. The summed E-state index contributed by atoms with van der Waals surface area (Å²) in [4.78, 5) is 58.4. The molecule has 0 aromatic heterocycles. The van der Waals surface area contributed by atoms with Crippen molar-refractivity contribution in [1.29, 1.82) is 0 Å². The third-order valence-electron chi connectivity index (χ3n) is 34.0. The Bertz CT molecular complexity index is 4490. The minimum Gasteiger partial charge on any atom is -0.458 e. The second-order valence-electron chi connectivity index (χ2n) is 44.1. The van der Waals surface area contributed by atoms with Gasteiger partial charge in [0.15, 0.2) is 56.2 Å². The van der Waals surface area contributed by atoms with E-state index in [2.05, 4.69) is 38.4 Å². The van der Waals surface area contributed by atoms with Crippen LogP contribution in [0.4, 0.5) is 0 Å². The van der Waals surface area contributed by atoms with E-state index in [4.69, 9.17) is 85.3 Å². The number of esters is 3. The highest BCUT2D eigenvalue weighted by Gasteiger charge is 2.74. The monoisotopic (exact) mass is 2080 g/mol. The van der Waals surface area contributed by atoms with Crippen LogP contribution in [0.5, 0.6) is 0 Å². The highest BCUT2D eigenvalue weighted by Crippen LogP contribution is 2.76. The van der Waals surface area contributed by atoms with Crippen LogP contribution in [-0.2, 0) is 104 Å². The first-order chi connectivity index (χ1) is 68.0. The first-order valence-electron chi connectivity index (χ1n) is 50.0. The maximum Gasteiger partial charge on any atom is 0.336 e. The fraction of sp³-hybridized carbons (Fsp3) is 0.857. The summed E-state index contributed by atoms with van der Waals surface area (Å²) in [7, 11) is 0. The molecule has 8 heterocycles. The Balaban J connectivity index is 0.788. The van der Waals surface area contributed by atoms with Crippen LogP contribution in [0.3, 0.4) is 0 Å². The van der Waals surface area contributed by atoms with Crippen LogP contribution in [-0.4, -0.2) is 456 Å². The molecule has 0 aromatic carbocycles. The summed E-state index contributed by atoms with van der Waals surface area (Å²) in [6.07, 6.45) is -60.6. The summed E-state index contributed by atoms with van der Waals surface area (Å²) in [6.45, 7) is 24.5. The molecule has 50 atom stereocenters. The quantitative estimate of drug-likeness (QED) is 0.00924. The molecule has 8 saturated heterocycles. The molecule has 13 aliphatic rings. The van der Waals surface area contributed by atoms with Crippen molar-refractivity contribution in [3.05, 3.63) is 60.3 Å². The predicted octanol–water partition coefficient (Wildman–Crippen LogP) is -5.92. The molecule has 828 valence electrons. The van der Waals surface area contributed by atoms with Gasteiger partial charge in [0.05, 0.1) is 99.1 Å². The number of aliphatic hydroxyl groups excluding tert-OH is 23. The molecule has 5 aliphatic carbocycles. The lowest BCUT2D eigenvalue weighted by Gasteiger charge is -2.72. The molecule has 25 N–H and O–H groups in total. The second-order valence-corrected chi connectivity index (χ2v) is 44.1. The van der Waals surface area contributed by atoms with Gasteiger partial charge < -0.3 is 213 Å². The lowest BCUT2D eigenvalue weighted by Crippen LogP contribution is -2.70. The van der Waals surface area contributed by atoms with Gasteiger partial charge in [0.2, 0.25) is 12.2 Å². The van der Waals surface area contributed by atoms with Gasteiger partial charge in [0.1, 0.15) is 164 Å². The van der Waals surface area contributed by atoms with E-state index < -0.39 is 378 Å². The van der Waals surface area contributed by atoms with Crippen LogP contribution in [0, 0.1) is 50.2 Å². The molecule has 8 aliphatic heterocycles. The normalized spacial score (nSPS) is 47.7. The number of hydrogen-bond donors (Lipinski definition) is 25. The summed E-state index contributed by atoms with van der Waals surface area (Å²) >= 11 is 0. The van der Waals surface area contributed by atoms with Gasteiger partial charge in [-0.15, -0.1) is 13.2 Å². The van der Waals surface area contributed by atoms with Crippen LogP contribution in [0.1, 0.15) is 167 Å². The molecular formula is C98H155NO46. The Hall–Kier alpha value is -4.98. The second kappa shape index (κ2) is 46.4. The molecule has 4 saturated carbocycles. The van der Waals surface area contributed by atoms with E-state index in [1.165, 1.54) is 58.9 Å². The number of nitrogens with one attached hydrogen (secondary N) is 1. The lowest BCUT2D eigenvalue weighted by molar-refractivity contribution is -0.390. The molecule has 13 rings (SSSR count). The van der Waals surface area contributed by atoms with Gasteiger partial charge in [0, 0.05) is 18.8 Å². The van der Waals surface area contributed by atoms with Crippen LogP contribution in [0.2, 0.25) is 0 Å². The minimum absolute atomic E-state index is 0.0571. The summed E-state index contributed by atoms with van der Waals surface area (Å²) in [5.74, 6) is -5.48. The Morgan fingerprint density at radius 3 is 1.59 bits per heavy atom. The molecule has 0 aromatic rings. The van der Waals surface area contributed by atoms with Crippen molar-refractivity contribution in [2.75, 3.05) is 46.2 Å². The van der Waals surface area contributed by atoms with Gasteiger partial charge in [-0.25, -0.2) is 9.59 Å². The summed E-state index contributed by atoms with van der Waals surface area (Å²) in [5.41, 5.74) is -9.16. The number of amides is 1. The average Bonchev–Trinajstić information content (AvgIpc) is 1.64. The van der Waals surface area contributed by atoms with E-state index in [9.17, 15) is 132 Å². The smallest absolute Gasteiger partial charge is 0.336 e. The van der Waals surface area contributed by atoms with Crippen molar-refractivity contribution in [1.82, 2.24) is 5.32 Å². The summed E-state index contributed by atoms with van der Waals surface area (Å²) in [5, 5.41) is 272. The van der Waals surface area contributed by atoms with Crippen LogP contribution >= 0.6 is 0 Å². The van der Waals surface area contributed by atoms with E-state index in [0.29, 0.717) is 37.7 Å². The molecule has 42 unspecified atom stereocenters. The number of allylic oxidation sites excluding steroid dienone is 4. The van der Waals surface area contributed by atoms with Gasteiger partial charge in [0.25, 0.3) is 0 Å². The molecule has 0 spiro atoms. The topological polar surface area (TPSA) is 732 Å². The standard InChI is InChI=1S/C98H155NO46/c1-16-93(11,127)26-18-20-45(34-101)81(125)139-75-41(4)132-87(73(122)69(75)118)145-94(12,17-2)27-19-21-44(33-100)80(124)137-57-32-98(90(126)144-89-79(68(117)62(111)50(36-103)135-89)143-86-74(123)77(141-85-72(121)66(115)61(110)49(35-102)133-85)76(42(5)131-86)140-84-71(120)63(112)51(37-104)134-84)47(30-91(57,7)8)46-22-23-54-95(13)28-25-56(92(9,10)53(95)24-29-96(54,14)97(46,15)31-55(98)107)138-82-58(99-43(6)105)65(114)64(113)52(136-82)39-129-88-78(67(116)59(108)40(3)130-88)142-83-70(119)60(109)48(106)38-128-83/h16-17,20-22,40-42,47-79,82-89,100-104,106-123,127H,1-2,18-19,23-39H2,3-15H3,(H,99,105)/b44-21+,45-20+/t40?,41?,42?,47?,48?,49?,50?,51?,52?,53?,54?,55-,56+,57+,58?,59?,60?,61?,62?,63?,64?,65?,66?,67?,68?,69?,70?,71?,72?,73?,74?,75?,76?,77?,78?,79?,82?,83?,84?,85?,86?,87?,88?,89?,93?,94-,95+,96-,97-,98-/m1/s1. The molecule has 145 heavy (non-hydrogen) atoms. The van der Waals surface area contributed by atoms with Crippen molar-refractivity contribution in [3.8, 4) is 0 Å². The van der Waals surface area contributed by atoms with Crippen LogP contribution < -0.4 is 5.32 Å². The third kappa shape index (κ3) is 23.0. The molecule has 0 radical (unpaired) electrons. The van der Waals surface area contributed by atoms with Crippen molar-refractivity contribution in [3.63, 3.8) is 0 Å². The van der Waals surface area contributed by atoms with Crippen LogP contribution in [0.25, 0.3) is 0 Å². The predicted molar refractivity (Wildman–Crippen MR) is 490 cm³/mol. The van der Waals surface area contributed by atoms with E-state index in [1.807, 2.05) is 20.8 Å². The van der Waals surface area contributed by atoms with Gasteiger partial charge in [-0.05, 0) is 145 Å². The molecule has 12 fully saturated rings. The van der Waals surface area contributed by atoms with Crippen molar-refractivity contribution in [2.45, 2.75) is 430 Å². The first-order valence-corrected chi connectivity index (χ1v) is 50.0. The minimum atomic E-state index is -2.30. The van der Waals surface area contributed by atoms with Gasteiger partial charge in [-0.1, -0.05) is 84.4 Å². The number of carbonyl (C=O) groups excluding carboxylic acids is 4. The van der Waals surface area contributed by atoms with Crippen molar-refractivity contribution in [2.24, 2.45) is 50.2 Å². The summed E-state index contributed by atoms with van der Waals surface area (Å²) in [6, 6.07) is -1.38. The van der Waals surface area contributed by atoms with Gasteiger partial charge >= 0.3 is 17.9 Å². The van der Waals surface area contributed by atoms with Crippen molar-refractivity contribution < 1.29 is 227 Å². The van der Waals surface area contributed by atoms with E-state index in [1.54, 1.807) is 20.8 Å². The zero-order valence-corrected chi connectivity index (χ0v) is 83.9. The number of ether oxygens (including phenoxy) is 18. The van der Waals surface area contributed by atoms with Crippen LogP contribution in [0.15, 0.2) is 60.3 Å². The third-order valence-corrected chi connectivity index (χ3v) is 34.0. The fourth-order valence-corrected chi connectivity index (χ4v) is 24.7. The number of fused-ring (bicyclic) bond motifs is 7. The van der Waals surface area contributed by atoms with E-state index in [-0.39, 0.29) is 61.5 Å². The molecular weight excluding hydrogens is 1930 g/mol. The largest absolute Gasteiger partial charge is 0.458 e. The van der Waals surface area contributed by atoms with E-state index in [0.717, 1.165) is 0 Å². The maximum absolute atomic E-state index is 16.9. The molecule has 1 amide bonds. The average molecular weight is 2080 g/mol. The molecule has 47 nitrogen and oxygen atoms in total. The van der Waals surface area contributed by atoms with E-state index >= 15 is 9.59 Å². The molecule has 47 heteroatoms. The highest BCUT2D eigenvalue weighted by atomic mass is 16.8. The zero-order valence-electron chi connectivity index (χ0n) is 83.9. The fourth-order valence-electron chi connectivity index (χ4n) is 24.7. The Labute approximate surface area is 839 Å². The highest BCUT2D eigenvalue weighted by molar-refractivity contribution is 5.89. The Kier molecular flexibility index (Phi) is 37.4. The lowest BCUT2D eigenvalue weighted by atomic mass is 9.33. The number of rotatable bonds is 35. The summed E-state index contributed by atoms with van der Waals surface area (Å²) < 4.78 is 110. The maximum atomic E-state index is 16.9. The van der Waals surface area contributed by atoms with Gasteiger partial charge in [-0.2, -0.15) is 0 Å².